The van der Waals surface area contributed by atoms with E-state index in [9.17, 15) is 0 Å². The number of hydrogen-bond donors (Lipinski definition) is 1. The minimum absolute atomic E-state index is 0.297. The summed E-state index contributed by atoms with van der Waals surface area (Å²) in [5, 5.41) is 7.31. The second kappa shape index (κ2) is 5.27. The van der Waals surface area contributed by atoms with Gasteiger partial charge in [0.2, 0.25) is 5.89 Å². The second-order valence-electron chi connectivity index (χ2n) is 4.71. The molecule has 0 atom stereocenters. The first-order valence-corrected chi connectivity index (χ1v) is 6.09. The van der Waals surface area contributed by atoms with Crippen molar-refractivity contribution in [2.45, 2.75) is 32.7 Å². The van der Waals surface area contributed by atoms with E-state index in [1.165, 1.54) is 0 Å². The van der Waals surface area contributed by atoms with Crippen LogP contribution < -0.4 is 5.32 Å². The van der Waals surface area contributed by atoms with Gasteiger partial charge in [-0.25, -0.2) is 0 Å². The number of hydrogen-bond acceptors (Lipinski definition) is 5. The molecular weight excluding hydrogens is 228 g/mol. The van der Waals surface area contributed by atoms with Gasteiger partial charge in [0.1, 0.15) is 0 Å². The Bertz CT molecular complexity index is 493. The SMILES string of the molecule is CCNC(C)(C)c1nc(Cc2cccnc2)no1. The summed E-state index contributed by atoms with van der Waals surface area (Å²) >= 11 is 0. The lowest BCUT2D eigenvalue weighted by Crippen LogP contribution is -2.36. The molecule has 0 radical (unpaired) electrons. The molecular formula is C13H18N4O. The maximum absolute atomic E-state index is 5.31. The fraction of sp³-hybridized carbons (Fsp3) is 0.462. The molecule has 0 fully saturated rings. The van der Waals surface area contributed by atoms with Crippen molar-refractivity contribution in [2.75, 3.05) is 6.54 Å². The fourth-order valence-corrected chi connectivity index (χ4v) is 1.78. The Balaban J connectivity index is 2.11. The van der Waals surface area contributed by atoms with Gasteiger partial charge in [-0.15, -0.1) is 0 Å². The first-order chi connectivity index (χ1) is 8.62. The van der Waals surface area contributed by atoms with Crippen molar-refractivity contribution in [2.24, 2.45) is 0 Å². The third-order valence-corrected chi connectivity index (χ3v) is 2.71. The first kappa shape index (κ1) is 12.7. The van der Waals surface area contributed by atoms with Crippen LogP contribution in [-0.2, 0) is 12.0 Å². The molecule has 0 bridgehead atoms. The fourth-order valence-electron chi connectivity index (χ4n) is 1.78. The summed E-state index contributed by atoms with van der Waals surface area (Å²) in [5.41, 5.74) is 0.778. The minimum atomic E-state index is -0.297. The van der Waals surface area contributed by atoms with Crippen LogP contribution in [0.25, 0.3) is 0 Å². The Morgan fingerprint density at radius 2 is 2.22 bits per heavy atom. The van der Waals surface area contributed by atoms with Gasteiger partial charge in [-0.05, 0) is 32.0 Å². The lowest BCUT2D eigenvalue weighted by Gasteiger charge is -2.20. The number of pyridine rings is 1. The molecule has 96 valence electrons. The molecule has 0 unspecified atom stereocenters. The van der Waals surface area contributed by atoms with Crippen LogP contribution in [0.3, 0.4) is 0 Å². The van der Waals surface area contributed by atoms with E-state index in [1.54, 1.807) is 6.20 Å². The van der Waals surface area contributed by atoms with Crippen molar-refractivity contribution in [3.63, 3.8) is 0 Å². The summed E-state index contributed by atoms with van der Waals surface area (Å²) in [6, 6.07) is 3.90. The molecule has 18 heavy (non-hydrogen) atoms. The molecule has 0 aliphatic carbocycles. The summed E-state index contributed by atoms with van der Waals surface area (Å²) in [6.07, 6.45) is 4.20. The van der Waals surface area contributed by atoms with E-state index in [2.05, 4.69) is 27.4 Å². The second-order valence-corrected chi connectivity index (χ2v) is 4.71. The van der Waals surface area contributed by atoms with E-state index in [-0.39, 0.29) is 5.54 Å². The minimum Gasteiger partial charge on any atom is -0.337 e. The van der Waals surface area contributed by atoms with E-state index in [0.717, 1.165) is 12.1 Å². The van der Waals surface area contributed by atoms with E-state index in [0.29, 0.717) is 18.1 Å². The molecule has 1 N–H and O–H groups in total. The maximum atomic E-state index is 5.31. The molecule has 0 saturated heterocycles. The molecule has 2 rings (SSSR count). The van der Waals surface area contributed by atoms with Gasteiger partial charge >= 0.3 is 0 Å². The Hall–Kier alpha value is -1.75. The third kappa shape index (κ3) is 2.92. The molecule has 2 heterocycles. The van der Waals surface area contributed by atoms with Gasteiger partial charge in [-0.3, -0.25) is 4.98 Å². The van der Waals surface area contributed by atoms with Crippen LogP contribution in [0.4, 0.5) is 0 Å². The zero-order valence-electron chi connectivity index (χ0n) is 11.0. The van der Waals surface area contributed by atoms with E-state index in [1.807, 2.05) is 32.2 Å². The molecule has 2 aromatic rings. The van der Waals surface area contributed by atoms with Gasteiger partial charge in [-0.2, -0.15) is 4.98 Å². The Kier molecular flexibility index (Phi) is 3.72. The predicted molar refractivity (Wildman–Crippen MR) is 68.0 cm³/mol. The summed E-state index contributed by atoms with van der Waals surface area (Å²) in [5.74, 6) is 1.30. The van der Waals surface area contributed by atoms with Crippen molar-refractivity contribution >= 4 is 0 Å². The quantitative estimate of drug-likeness (QED) is 0.873. The van der Waals surface area contributed by atoms with Gasteiger partial charge < -0.3 is 9.84 Å². The first-order valence-electron chi connectivity index (χ1n) is 6.09. The number of aromatic nitrogens is 3. The van der Waals surface area contributed by atoms with Gasteiger partial charge in [0, 0.05) is 18.8 Å². The van der Waals surface area contributed by atoms with Crippen LogP contribution in [0.5, 0.6) is 0 Å². The highest BCUT2D eigenvalue weighted by Crippen LogP contribution is 2.18. The average molecular weight is 246 g/mol. The van der Waals surface area contributed by atoms with E-state index >= 15 is 0 Å². The predicted octanol–water partition coefficient (Wildman–Crippen LogP) is 1.90. The van der Waals surface area contributed by atoms with Gasteiger partial charge in [0.05, 0.1) is 5.54 Å². The topological polar surface area (TPSA) is 63.8 Å². The highest BCUT2D eigenvalue weighted by Gasteiger charge is 2.26. The molecule has 5 nitrogen and oxygen atoms in total. The largest absolute Gasteiger partial charge is 0.337 e. The standard InChI is InChI=1S/C13H18N4O/c1-4-15-13(2,3)12-16-11(17-18-12)8-10-6-5-7-14-9-10/h5-7,9,15H,4,8H2,1-3H3. The van der Waals surface area contributed by atoms with E-state index in [4.69, 9.17) is 4.52 Å². The molecule has 0 spiro atoms. The number of nitrogens with zero attached hydrogens (tertiary/aromatic N) is 3. The van der Waals surface area contributed by atoms with Crippen molar-refractivity contribution in [1.82, 2.24) is 20.4 Å². The monoisotopic (exact) mass is 246 g/mol. The van der Waals surface area contributed by atoms with Crippen molar-refractivity contribution in [1.29, 1.82) is 0 Å². The van der Waals surface area contributed by atoms with Crippen molar-refractivity contribution in [3.8, 4) is 0 Å². The molecule has 0 amide bonds. The van der Waals surface area contributed by atoms with Crippen LogP contribution in [0.1, 0.15) is 38.0 Å². The number of rotatable bonds is 5. The average Bonchev–Trinajstić information content (AvgIpc) is 2.79. The Morgan fingerprint density at radius 3 is 2.89 bits per heavy atom. The Morgan fingerprint density at radius 1 is 1.39 bits per heavy atom. The van der Waals surface area contributed by atoms with Crippen molar-refractivity contribution in [3.05, 3.63) is 41.8 Å². The zero-order chi connectivity index (χ0) is 13.0. The maximum Gasteiger partial charge on any atom is 0.246 e. The highest BCUT2D eigenvalue weighted by atomic mass is 16.5. The third-order valence-electron chi connectivity index (χ3n) is 2.71. The highest BCUT2D eigenvalue weighted by molar-refractivity contribution is 5.14. The summed E-state index contributed by atoms with van der Waals surface area (Å²) in [7, 11) is 0. The lowest BCUT2D eigenvalue weighted by molar-refractivity contribution is 0.271. The summed E-state index contributed by atoms with van der Waals surface area (Å²) in [4.78, 5) is 8.50. The molecule has 0 saturated carbocycles. The van der Waals surface area contributed by atoms with Crippen LogP contribution in [0.2, 0.25) is 0 Å². The zero-order valence-corrected chi connectivity index (χ0v) is 11.0. The van der Waals surface area contributed by atoms with E-state index < -0.39 is 0 Å². The van der Waals surface area contributed by atoms with Crippen LogP contribution in [0.15, 0.2) is 29.0 Å². The molecule has 5 heteroatoms. The molecule has 2 aromatic heterocycles. The summed E-state index contributed by atoms with van der Waals surface area (Å²) < 4.78 is 5.31. The molecule has 0 aromatic carbocycles. The molecule has 0 aliphatic rings. The summed E-state index contributed by atoms with van der Waals surface area (Å²) in [6.45, 7) is 6.96. The van der Waals surface area contributed by atoms with Crippen LogP contribution in [-0.4, -0.2) is 21.7 Å². The number of nitrogens with one attached hydrogen (secondary N) is 1. The van der Waals surface area contributed by atoms with Gasteiger partial charge in [0.15, 0.2) is 5.82 Å². The lowest BCUT2D eigenvalue weighted by atomic mass is 10.1. The van der Waals surface area contributed by atoms with Gasteiger partial charge in [-0.1, -0.05) is 18.1 Å². The smallest absolute Gasteiger partial charge is 0.246 e. The normalized spacial score (nSPS) is 11.7. The Labute approximate surface area is 107 Å². The van der Waals surface area contributed by atoms with Crippen LogP contribution in [0, 0.1) is 0 Å². The van der Waals surface area contributed by atoms with Gasteiger partial charge in [0.25, 0.3) is 0 Å². The van der Waals surface area contributed by atoms with Crippen LogP contribution >= 0.6 is 0 Å². The molecule has 0 aliphatic heterocycles. The van der Waals surface area contributed by atoms with Crippen molar-refractivity contribution < 1.29 is 4.52 Å².